The molecule has 0 aliphatic carbocycles. The number of fused-ring (bicyclic) bond motifs is 1. The van der Waals surface area contributed by atoms with Gasteiger partial charge in [0.2, 0.25) is 30.1 Å². The van der Waals surface area contributed by atoms with Gasteiger partial charge in [0.1, 0.15) is 5.75 Å². The lowest BCUT2D eigenvalue weighted by Gasteiger charge is -2.33. The van der Waals surface area contributed by atoms with E-state index < -0.39 is 30.1 Å². The number of nitrogens with zero attached hydrogens (tertiary/aromatic N) is 2. The Balaban J connectivity index is 1.49. The Bertz CT molecular complexity index is 1310. The third-order valence-electron chi connectivity index (χ3n) is 5.29. The number of ether oxygens (including phenoxy) is 1. The molecule has 4 rings (SSSR count). The monoisotopic (exact) mass is 487 g/mol. The summed E-state index contributed by atoms with van der Waals surface area (Å²) >= 11 is 0. The van der Waals surface area contributed by atoms with Crippen LogP contribution < -0.4 is 9.88 Å². The van der Waals surface area contributed by atoms with E-state index in [1.54, 1.807) is 12.1 Å². The van der Waals surface area contributed by atoms with E-state index in [9.17, 15) is 25.3 Å². The Kier molecular flexibility index (Phi) is 5.60. The van der Waals surface area contributed by atoms with E-state index in [2.05, 4.69) is 0 Å². The second kappa shape index (κ2) is 7.83. The highest BCUT2D eigenvalue weighted by atomic mass is 32.2. The number of primary sulfonamides is 1. The molecule has 2 aliphatic heterocycles. The molecule has 0 radical (unpaired) electrons. The van der Waals surface area contributed by atoms with Crippen molar-refractivity contribution in [2.24, 2.45) is 5.14 Å². The molecule has 0 unspecified atom stereocenters. The zero-order valence-electron chi connectivity index (χ0n) is 16.3. The summed E-state index contributed by atoms with van der Waals surface area (Å²) in [5.74, 6) is 0.684. The van der Waals surface area contributed by atoms with E-state index in [4.69, 9.17) is 9.88 Å². The first-order valence-corrected chi connectivity index (χ1v) is 13.8. The molecule has 13 heteroatoms. The predicted octanol–water partition coefficient (Wildman–Crippen LogP) is -0.0359. The number of nitrogens with two attached hydrogens (primary N) is 1. The number of hydrogen-bond acceptors (Lipinski definition) is 7. The minimum Gasteiger partial charge on any atom is -0.493 e. The van der Waals surface area contributed by atoms with Crippen molar-refractivity contribution in [2.75, 3.05) is 32.8 Å². The SMILES string of the molecule is NS(=O)(=O)c1ccc(S(=O)(=O)N2CCN(S(=O)(=O)c3ccc4c(c3)CCO4)CC2)cc1. The second-order valence-electron chi connectivity index (χ2n) is 7.19. The number of hydrogen-bond donors (Lipinski definition) is 1. The van der Waals surface area contributed by atoms with E-state index in [1.807, 2.05) is 0 Å². The van der Waals surface area contributed by atoms with Crippen molar-refractivity contribution in [3.8, 4) is 5.75 Å². The van der Waals surface area contributed by atoms with Gasteiger partial charge in [-0.25, -0.2) is 30.4 Å². The first-order chi connectivity index (χ1) is 14.5. The molecule has 0 bridgehead atoms. The Morgan fingerprint density at radius 2 is 1.19 bits per heavy atom. The summed E-state index contributed by atoms with van der Waals surface area (Å²) in [5, 5.41) is 5.04. The van der Waals surface area contributed by atoms with Crippen LogP contribution in [0.25, 0.3) is 0 Å². The number of rotatable bonds is 5. The van der Waals surface area contributed by atoms with Crippen molar-refractivity contribution in [1.82, 2.24) is 8.61 Å². The van der Waals surface area contributed by atoms with Crippen LogP contribution in [-0.4, -0.2) is 66.6 Å². The highest BCUT2D eigenvalue weighted by Crippen LogP contribution is 2.29. The van der Waals surface area contributed by atoms with Crippen molar-refractivity contribution in [1.29, 1.82) is 0 Å². The molecule has 168 valence electrons. The first kappa shape index (κ1) is 22.2. The van der Waals surface area contributed by atoms with Crippen LogP contribution in [0, 0.1) is 0 Å². The Morgan fingerprint density at radius 1 is 0.710 bits per heavy atom. The molecule has 2 heterocycles. The van der Waals surface area contributed by atoms with Gasteiger partial charge in [-0.2, -0.15) is 8.61 Å². The maximum Gasteiger partial charge on any atom is 0.243 e. The predicted molar refractivity (Wildman–Crippen MR) is 111 cm³/mol. The van der Waals surface area contributed by atoms with Crippen LogP contribution in [0.4, 0.5) is 0 Å². The normalized spacial score (nSPS) is 18.5. The van der Waals surface area contributed by atoms with Crippen molar-refractivity contribution < 1.29 is 30.0 Å². The molecular formula is C18H21N3O7S3. The molecule has 1 saturated heterocycles. The highest BCUT2D eigenvalue weighted by molar-refractivity contribution is 7.90. The fraction of sp³-hybridized carbons (Fsp3) is 0.333. The summed E-state index contributed by atoms with van der Waals surface area (Å²) in [4.78, 5) is -0.122. The Morgan fingerprint density at radius 3 is 1.74 bits per heavy atom. The van der Waals surface area contributed by atoms with E-state index in [1.165, 1.54) is 26.8 Å². The maximum absolute atomic E-state index is 13.0. The van der Waals surface area contributed by atoms with E-state index in [0.717, 1.165) is 17.7 Å². The minimum absolute atomic E-state index is 0.00438. The van der Waals surface area contributed by atoms with Gasteiger partial charge in [-0.1, -0.05) is 0 Å². The molecule has 0 spiro atoms. The lowest BCUT2D eigenvalue weighted by molar-refractivity contribution is 0.273. The van der Waals surface area contributed by atoms with E-state index in [0.29, 0.717) is 18.8 Å². The Hall–Kier alpha value is -2.03. The van der Waals surface area contributed by atoms with E-state index >= 15 is 0 Å². The molecule has 2 aromatic carbocycles. The molecule has 2 N–H and O–H groups in total. The van der Waals surface area contributed by atoms with Crippen LogP contribution in [0.2, 0.25) is 0 Å². The molecular weight excluding hydrogens is 466 g/mol. The molecule has 2 aliphatic rings. The summed E-state index contributed by atoms with van der Waals surface area (Å²) in [7, 11) is -11.6. The third-order valence-corrected chi connectivity index (χ3v) is 10.0. The fourth-order valence-electron chi connectivity index (χ4n) is 3.57. The van der Waals surface area contributed by atoms with Crippen LogP contribution in [0.3, 0.4) is 0 Å². The third kappa shape index (κ3) is 4.21. The number of sulfonamides is 3. The Labute approximate surface area is 181 Å². The largest absolute Gasteiger partial charge is 0.493 e. The summed E-state index contributed by atoms with van der Waals surface area (Å²) in [6.07, 6.45) is 0.648. The lowest BCUT2D eigenvalue weighted by Crippen LogP contribution is -2.50. The van der Waals surface area contributed by atoms with Gasteiger partial charge in [0.25, 0.3) is 0 Å². The van der Waals surface area contributed by atoms with Gasteiger partial charge in [0, 0.05) is 32.6 Å². The minimum atomic E-state index is -3.93. The number of benzene rings is 2. The van der Waals surface area contributed by atoms with Gasteiger partial charge >= 0.3 is 0 Å². The summed E-state index contributed by atoms with van der Waals surface area (Å²) in [6.45, 7) is 0.488. The van der Waals surface area contributed by atoms with Crippen LogP contribution in [0.1, 0.15) is 5.56 Å². The second-order valence-corrected chi connectivity index (χ2v) is 12.6. The van der Waals surface area contributed by atoms with Crippen molar-refractivity contribution >= 4 is 30.1 Å². The zero-order valence-corrected chi connectivity index (χ0v) is 18.8. The van der Waals surface area contributed by atoms with Gasteiger partial charge in [-0.15, -0.1) is 0 Å². The van der Waals surface area contributed by atoms with Crippen LogP contribution in [0.5, 0.6) is 5.75 Å². The number of piperazine rings is 1. The summed E-state index contributed by atoms with van der Waals surface area (Å²) < 4.78 is 82.3. The van der Waals surface area contributed by atoms with Gasteiger partial charge < -0.3 is 4.74 Å². The van der Waals surface area contributed by atoms with Crippen LogP contribution in [0.15, 0.2) is 57.2 Å². The molecule has 0 amide bonds. The molecule has 2 aromatic rings. The van der Waals surface area contributed by atoms with Crippen LogP contribution in [-0.2, 0) is 36.5 Å². The molecule has 31 heavy (non-hydrogen) atoms. The summed E-state index contributed by atoms with van der Waals surface area (Å²) in [6, 6.07) is 9.33. The first-order valence-electron chi connectivity index (χ1n) is 9.38. The fourth-order valence-corrected chi connectivity index (χ4v) is 6.98. The van der Waals surface area contributed by atoms with E-state index in [-0.39, 0.29) is 40.9 Å². The molecule has 1 fully saturated rings. The summed E-state index contributed by atoms with van der Waals surface area (Å²) in [5.41, 5.74) is 0.838. The quantitative estimate of drug-likeness (QED) is 0.623. The van der Waals surface area contributed by atoms with Crippen molar-refractivity contribution in [3.05, 3.63) is 48.0 Å². The maximum atomic E-state index is 13.0. The van der Waals surface area contributed by atoms with Crippen LogP contribution >= 0.6 is 0 Å². The molecule has 10 nitrogen and oxygen atoms in total. The van der Waals surface area contributed by atoms with Gasteiger partial charge in [0.05, 0.1) is 21.3 Å². The molecule has 0 aromatic heterocycles. The van der Waals surface area contributed by atoms with Gasteiger partial charge in [-0.05, 0) is 48.0 Å². The van der Waals surface area contributed by atoms with Crippen molar-refractivity contribution in [2.45, 2.75) is 21.1 Å². The average Bonchev–Trinajstić information content (AvgIpc) is 3.21. The smallest absolute Gasteiger partial charge is 0.243 e. The van der Waals surface area contributed by atoms with Crippen molar-refractivity contribution in [3.63, 3.8) is 0 Å². The van der Waals surface area contributed by atoms with Gasteiger partial charge in [-0.3, -0.25) is 0 Å². The highest BCUT2D eigenvalue weighted by Gasteiger charge is 2.34. The lowest BCUT2D eigenvalue weighted by atomic mass is 10.2. The molecule has 0 atom stereocenters. The zero-order chi connectivity index (χ0) is 22.4. The average molecular weight is 488 g/mol. The van der Waals surface area contributed by atoms with Gasteiger partial charge in [0.15, 0.2) is 0 Å². The standard InChI is InChI=1S/C18H21N3O7S3/c19-29(22,23)15-1-3-16(4-2-15)30(24,25)20-8-10-21(11-9-20)31(26,27)17-5-6-18-14(13-17)7-12-28-18/h1-6,13H,7-12H2,(H2,19,22,23). The molecule has 0 saturated carbocycles. The topological polar surface area (TPSA) is 144 Å².